The normalized spacial score (nSPS) is 10.7. The molecular weight excluding hydrogens is 379 g/mol. The fraction of sp³-hybridized carbons (Fsp3) is 0.111. The fourth-order valence-corrected chi connectivity index (χ4v) is 3.37. The summed E-state index contributed by atoms with van der Waals surface area (Å²) in [6.07, 6.45) is 0. The molecule has 0 aliphatic rings. The number of thioether (sulfide) groups is 1. The highest BCUT2D eigenvalue weighted by Gasteiger charge is 2.15. The van der Waals surface area contributed by atoms with Crippen molar-refractivity contribution >= 4 is 40.9 Å². The van der Waals surface area contributed by atoms with Crippen molar-refractivity contribution in [3.8, 4) is 22.4 Å². The molecule has 0 aliphatic carbocycles. The lowest BCUT2D eigenvalue weighted by atomic mass is 10.0. The van der Waals surface area contributed by atoms with E-state index in [1.165, 1.54) is 18.7 Å². The minimum Gasteiger partial charge on any atom is -0.454 e. The van der Waals surface area contributed by atoms with Gasteiger partial charge in [0.1, 0.15) is 5.94 Å². The largest absolute Gasteiger partial charge is 0.454 e. The van der Waals surface area contributed by atoms with E-state index >= 15 is 0 Å². The maximum Gasteiger partial charge on any atom is 0.303 e. The van der Waals surface area contributed by atoms with Crippen LogP contribution in [0, 0.1) is 0 Å². The maximum absolute atomic E-state index is 10.8. The second-order valence-electron chi connectivity index (χ2n) is 5.19. The van der Waals surface area contributed by atoms with Crippen LogP contribution in [-0.2, 0) is 9.53 Å². The summed E-state index contributed by atoms with van der Waals surface area (Å²) < 4.78 is 4.93. The zero-order valence-corrected chi connectivity index (χ0v) is 15.6. The number of esters is 1. The summed E-state index contributed by atoms with van der Waals surface area (Å²) in [5.41, 5.74) is 3.56. The van der Waals surface area contributed by atoms with Crippen molar-refractivity contribution in [1.29, 1.82) is 0 Å². The van der Waals surface area contributed by atoms with E-state index in [1.807, 2.05) is 48.5 Å². The van der Waals surface area contributed by atoms with Crippen LogP contribution in [0.25, 0.3) is 22.4 Å². The average Bonchev–Trinajstić information content (AvgIpc) is 2.98. The maximum atomic E-state index is 10.8. The number of aromatic amines is 1. The highest BCUT2D eigenvalue weighted by atomic mass is 35.5. The molecule has 0 spiro atoms. The number of carbonyl (C=O) groups is 1. The molecule has 0 radical (unpaired) electrons. The molecule has 0 unspecified atom stereocenters. The van der Waals surface area contributed by atoms with Gasteiger partial charge in [0.15, 0.2) is 5.15 Å². The van der Waals surface area contributed by atoms with Crippen LogP contribution in [0.2, 0.25) is 10.2 Å². The molecule has 0 saturated heterocycles. The second-order valence-corrected chi connectivity index (χ2v) is 6.98. The number of hydrogen-bond donors (Lipinski definition) is 1. The number of nitrogens with one attached hydrogen (secondary N) is 1. The van der Waals surface area contributed by atoms with Crippen LogP contribution in [0.4, 0.5) is 0 Å². The molecule has 4 nitrogen and oxygen atoms in total. The molecule has 3 aromatic rings. The van der Waals surface area contributed by atoms with Gasteiger partial charge in [-0.1, -0.05) is 59.2 Å². The van der Waals surface area contributed by atoms with Gasteiger partial charge in [-0.2, -0.15) is 5.10 Å². The second kappa shape index (κ2) is 7.95. The number of H-pyrrole nitrogens is 1. The molecule has 7 heteroatoms. The van der Waals surface area contributed by atoms with Crippen LogP contribution in [0.3, 0.4) is 0 Å². The Kier molecular flexibility index (Phi) is 5.68. The van der Waals surface area contributed by atoms with Gasteiger partial charge in [-0.05, 0) is 29.8 Å². The van der Waals surface area contributed by atoms with Gasteiger partial charge in [-0.15, -0.1) is 0 Å². The van der Waals surface area contributed by atoms with Crippen molar-refractivity contribution in [2.24, 2.45) is 0 Å². The van der Waals surface area contributed by atoms with Gasteiger partial charge in [0.05, 0.1) is 5.69 Å². The Labute approximate surface area is 159 Å². The average molecular weight is 393 g/mol. The fourth-order valence-electron chi connectivity index (χ4n) is 2.31. The third-order valence-corrected chi connectivity index (χ3v) is 4.85. The van der Waals surface area contributed by atoms with Crippen molar-refractivity contribution in [1.82, 2.24) is 10.2 Å². The number of benzene rings is 2. The molecule has 2 aromatic carbocycles. The Balaban J connectivity index is 1.85. The number of nitrogens with zero attached hydrogens (tertiary/aromatic N) is 1. The molecule has 1 N–H and O–H groups in total. The third kappa shape index (κ3) is 4.37. The molecule has 0 amide bonds. The standard InChI is InChI=1S/C18H14Cl2N2O2S/c1-11(23)24-10-25-15-8-4-13(5-9-15)17-16(18(20)22-21-17)12-2-6-14(19)7-3-12/h2-9H,10H2,1H3,(H,21,22). The van der Waals surface area contributed by atoms with Crippen molar-refractivity contribution in [2.75, 3.05) is 5.94 Å². The molecule has 0 aliphatic heterocycles. The predicted octanol–water partition coefficient (Wildman–Crippen LogP) is 5.66. The summed E-state index contributed by atoms with van der Waals surface area (Å²) in [7, 11) is 0. The van der Waals surface area contributed by atoms with Crippen molar-refractivity contribution < 1.29 is 9.53 Å². The Morgan fingerprint density at radius 1 is 1.08 bits per heavy atom. The molecule has 0 bridgehead atoms. The lowest BCUT2D eigenvalue weighted by Crippen LogP contribution is -1.96. The summed E-state index contributed by atoms with van der Waals surface area (Å²) in [5.74, 6) is 0.00413. The van der Waals surface area contributed by atoms with Gasteiger partial charge in [0, 0.05) is 28.0 Å². The summed E-state index contributed by atoms with van der Waals surface area (Å²) >= 11 is 13.7. The van der Waals surface area contributed by atoms with Gasteiger partial charge in [0.2, 0.25) is 0 Å². The van der Waals surface area contributed by atoms with Crippen LogP contribution in [-0.4, -0.2) is 22.1 Å². The van der Waals surface area contributed by atoms with E-state index in [4.69, 9.17) is 27.9 Å². The number of aromatic nitrogens is 2. The van der Waals surface area contributed by atoms with Gasteiger partial charge in [0.25, 0.3) is 0 Å². The first-order chi connectivity index (χ1) is 12.0. The number of hydrogen-bond acceptors (Lipinski definition) is 4. The van der Waals surface area contributed by atoms with Gasteiger partial charge < -0.3 is 4.74 Å². The molecule has 1 aromatic heterocycles. The molecule has 3 rings (SSSR count). The van der Waals surface area contributed by atoms with E-state index in [0.717, 1.165) is 27.3 Å². The van der Waals surface area contributed by atoms with Gasteiger partial charge in [-0.3, -0.25) is 9.89 Å². The van der Waals surface area contributed by atoms with E-state index in [9.17, 15) is 4.79 Å². The first-order valence-electron chi connectivity index (χ1n) is 7.41. The molecule has 0 saturated carbocycles. The third-order valence-electron chi connectivity index (χ3n) is 3.49. The predicted molar refractivity (Wildman–Crippen MR) is 102 cm³/mol. The SMILES string of the molecule is CC(=O)OCSc1ccc(-c2[nH]nc(Cl)c2-c2ccc(Cl)cc2)cc1. The van der Waals surface area contributed by atoms with E-state index in [0.29, 0.717) is 16.1 Å². The molecular formula is C18H14Cl2N2O2S. The number of halogens is 2. The molecule has 25 heavy (non-hydrogen) atoms. The highest BCUT2D eigenvalue weighted by Crippen LogP contribution is 2.36. The highest BCUT2D eigenvalue weighted by molar-refractivity contribution is 7.99. The van der Waals surface area contributed by atoms with Crippen LogP contribution < -0.4 is 0 Å². The van der Waals surface area contributed by atoms with Crippen LogP contribution in [0.15, 0.2) is 53.4 Å². The lowest BCUT2D eigenvalue weighted by Gasteiger charge is -2.06. The van der Waals surface area contributed by atoms with Crippen LogP contribution >= 0.6 is 35.0 Å². The van der Waals surface area contributed by atoms with Crippen molar-refractivity contribution in [2.45, 2.75) is 11.8 Å². The summed E-state index contributed by atoms with van der Waals surface area (Å²) in [6.45, 7) is 1.39. The Bertz CT molecular complexity index is 877. The Morgan fingerprint density at radius 3 is 2.36 bits per heavy atom. The molecule has 0 fully saturated rings. The van der Waals surface area contributed by atoms with Crippen molar-refractivity contribution in [3.05, 3.63) is 58.7 Å². The number of rotatable bonds is 5. The van der Waals surface area contributed by atoms with E-state index < -0.39 is 0 Å². The summed E-state index contributed by atoms with van der Waals surface area (Å²) in [5, 5.41) is 8.19. The Hall–Kier alpha value is -1.95. The quantitative estimate of drug-likeness (QED) is 0.345. The van der Waals surface area contributed by atoms with Gasteiger partial charge >= 0.3 is 5.97 Å². The Morgan fingerprint density at radius 2 is 1.72 bits per heavy atom. The molecule has 0 atom stereocenters. The zero-order valence-electron chi connectivity index (χ0n) is 13.3. The number of ether oxygens (including phenoxy) is 1. The minimum absolute atomic E-state index is 0.288. The van der Waals surface area contributed by atoms with Crippen LogP contribution in [0.1, 0.15) is 6.92 Å². The summed E-state index contributed by atoms with van der Waals surface area (Å²) in [6, 6.07) is 15.3. The molecule has 128 valence electrons. The smallest absolute Gasteiger partial charge is 0.303 e. The monoisotopic (exact) mass is 392 g/mol. The van der Waals surface area contributed by atoms with E-state index in [2.05, 4.69) is 10.2 Å². The molecule has 1 heterocycles. The minimum atomic E-state index is -0.288. The van der Waals surface area contributed by atoms with Crippen LogP contribution in [0.5, 0.6) is 0 Å². The first-order valence-corrected chi connectivity index (χ1v) is 9.15. The van der Waals surface area contributed by atoms with Gasteiger partial charge in [-0.25, -0.2) is 0 Å². The zero-order chi connectivity index (χ0) is 17.8. The number of carbonyl (C=O) groups excluding carboxylic acids is 1. The summed E-state index contributed by atoms with van der Waals surface area (Å²) in [4.78, 5) is 11.8. The first kappa shape index (κ1) is 17.9. The lowest BCUT2D eigenvalue weighted by molar-refractivity contribution is -0.138. The topological polar surface area (TPSA) is 55.0 Å². The van der Waals surface area contributed by atoms with E-state index in [1.54, 1.807) is 0 Å². The van der Waals surface area contributed by atoms with E-state index in [-0.39, 0.29) is 5.97 Å². The van der Waals surface area contributed by atoms with Crippen molar-refractivity contribution in [3.63, 3.8) is 0 Å².